The van der Waals surface area contributed by atoms with Gasteiger partial charge in [-0.15, -0.1) is 0 Å². The first kappa shape index (κ1) is 19.7. The molecule has 0 aliphatic heterocycles. The van der Waals surface area contributed by atoms with E-state index >= 15 is 0 Å². The number of hydrazone groups is 1. The van der Waals surface area contributed by atoms with E-state index in [4.69, 9.17) is 9.47 Å². The second-order valence-electron chi connectivity index (χ2n) is 5.09. The molecule has 2 aromatic rings. The average Bonchev–Trinajstić information content (AvgIpc) is 2.61. The molecular formula is C18H18BrIN2O3. The average molecular weight is 517 g/mol. The highest BCUT2D eigenvalue weighted by Crippen LogP contribution is 2.36. The Morgan fingerprint density at radius 3 is 2.68 bits per heavy atom. The Morgan fingerprint density at radius 2 is 2.04 bits per heavy atom. The number of methoxy groups -OCH3 is 1. The van der Waals surface area contributed by atoms with Crippen molar-refractivity contribution in [1.82, 2.24) is 5.43 Å². The van der Waals surface area contributed by atoms with Crippen LogP contribution in [0.3, 0.4) is 0 Å². The van der Waals surface area contributed by atoms with Crippen molar-refractivity contribution in [2.24, 2.45) is 5.10 Å². The molecule has 0 aromatic heterocycles. The highest BCUT2D eigenvalue weighted by atomic mass is 127. The largest absolute Gasteiger partial charge is 0.493 e. The molecule has 2 aromatic carbocycles. The van der Waals surface area contributed by atoms with E-state index in [-0.39, 0.29) is 5.91 Å². The Labute approximate surface area is 169 Å². The molecule has 1 amide bonds. The summed E-state index contributed by atoms with van der Waals surface area (Å²) in [6.07, 6.45) is 2.46. The van der Waals surface area contributed by atoms with E-state index in [0.29, 0.717) is 23.7 Å². The molecule has 0 unspecified atom stereocenters. The molecule has 0 saturated carbocycles. The van der Waals surface area contributed by atoms with Crippen molar-refractivity contribution in [3.05, 3.63) is 55.6 Å². The van der Waals surface area contributed by atoms with Gasteiger partial charge in [0.2, 0.25) is 0 Å². The van der Waals surface area contributed by atoms with Crippen molar-refractivity contribution in [3.63, 3.8) is 0 Å². The third-order valence-electron chi connectivity index (χ3n) is 3.19. The molecule has 1 N–H and O–H groups in total. The standard InChI is InChI=1S/C18H18BrIN2O3/c1-3-8-25-17-15(19)9-12(10-16(17)24-2)11-21-22-18(23)13-4-6-14(20)7-5-13/h4-7,9-11H,3,8H2,1-2H3,(H,22,23)/b21-11-. The van der Waals surface area contributed by atoms with Crippen molar-refractivity contribution in [3.8, 4) is 11.5 Å². The Bertz CT molecular complexity index is 764. The summed E-state index contributed by atoms with van der Waals surface area (Å²) in [4.78, 5) is 12.0. The van der Waals surface area contributed by atoms with Crippen molar-refractivity contribution in [1.29, 1.82) is 0 Å². The summed E-state index contributed by atoms with van der Waals surface area (Å²) >= 11 is 5.67. The molecule has 132 valence electrons. The van der Waals surface area contributed by atoms with Crippen LogP contribution in [-0.4, -0.2) is 25.8 Å². The van der Waals surface area contributed by atoms with Crippen LogP contribution in [-0.2, 0) is 0 Å². The number of benzene rings is 2. The van der Waals surface area contributed by atoms with Crippen LogP contribution in [0.5, 0.6) is 11.5 Å². The van der Waals surface area contributed by atoms with Gasteiger partial charge in [-0.3, -0.25) is 4.79 Å². The van der Waals surface area contributed by atoms with Gasteiger partial charge in [0.25, 0.3) is 5.91 Å². The Hall–Kier alpha value is -1.61. The number of amides is 1. The maximum absolute atomic E-state index is 12.0. The zero-order valence-electron chi connectivity index (χ0n) is 13.9. The number of hydrogen-bond acceptors (Lipinski definition) is 4. The number of hydrogen-bond donors (Lipinski definition) is 1. The minimum absolute atomic E-state index is 0.262. The highest BCUT2D eigenvalue weighted by Gasteiger charge is 2.11. The summed E-state index contributed by atoms with van der Waals surface area (Å²) in [6.45, 7) is 2.65. The molecule has 5 nitrogen and oxygen atoms in total. The Kier molecular flexibility index (Phi) is 7.70. The van der Waals surface area contributed by atoms with Crippen LogP contribution in [0.15, 0.2) is 46.0 Å². The van der Waals surface area contributed by atoms with Crippen molar-refractivity contribution >= 4 is 50.6 Å². The van der Waals surface area contributed by atoms with E-state index in [1.807, 2.05) is 25.1 Å². The second kappa shape index (κ2) is 9.76. The molecule has 0 aliphatic rings. The van der Waals surface area contributed by atoms with Gasteiger partial charge in [-0.25, -0.2) is 5.43 Å². The first-order valence-corrected chi connectivity index (χ1v) is 9.51. The lowest BCUT2D eigenvalue weighted by Crippen LogP contribution is -2.17. The number of ether oxygens (including phenoxy) is 2. The van der Waals surface area contributed by atoms with Gasteiger partial charge in [0, 0.05) is 9.13 Å². The summed E-state index contributed by atoms with van der Waals surface area (Å²) in [5.41, 5.74) is 3.84. The minimum atomic E-state index is -0.262. The van der Waals surface area contributed by atoms with Gasteiger partial charge in [-0.1, -0.05) is 6.92 Å². The van der Waals surface area contributed by atoms with Crippen LogP contribution in [0.1, 0.15) is 29.3 Å². The number of rotatable bonds is 7. The number of nitrogens with one attached hydrogen (secondary N) is 1. The monoisotopic (exact) mass is 516 g/mol. The Morgan fingerprint density at radius 1 is 1.32 bits per heavy atom. The normalized spacial score (nSPS) is 10.7. The number of halogens is 2. The molecule has 0 radical (unpaired) electrons. The van der Waals surface area contributed by atoms with Crippen LogP contribution in [0.25, 0.3) is 0 Å². The fourth-order valence-electron chi connectivity index (χ4n) is 1.99. The third-order valence-corrected chi connectivity index (χ3v) is 4.50. The fourth-order valence-corrected chi connectivity index (χ4v) is 2.92. The lowest BCUT2D eigenvalue weighted by atomic mass is 10.2. The van der Waals surface area contributed by atoms with Crippen molar-refractivity contribution in [2.75, 3.05) is 13.7 Å². The van der Waals surface area contributed by atoms with Crippen molar-refractivity contribution < 1.29 is 14.3 Å². The molecule has 0 spiro atoms. The predicted octanol–water partition coefficient (Wildman–Crippen LogP) is 4.62. The highest BCUT2D eigenvalue weighted by molar-refractivity contribution is 14.1. The smallest absolute Gasteiger partial charge is 0.271 e. The van der Waals surface area contributed by atoms with Crippen LogP contribution in [0, 0.1) is 3.57 Å². The third kappa shape index (κ3) is 5.71. The first-order valence-electron chi connectivity index (χ1n) is 7.64. The molecule has 2 rings (SSSR count). The lowest BCUT2D eigenvalue weighted by Gasteiger charge is -2.12. The topological polar surface area (TPSA) is 59.9 Å². The van der Waals surface area contributed by atoms with E-state index in [1.165, 1.54) is 0 Å². The molecule has 0 saturated heterocycles. The summed E-state index contributed by atoms with van der Waals surface area (Å²) in [6, 6.07) is 10.9. The van der Waals surface area contributed by atoms with Gasteiger partial charge in [0.05, 0.1) is 24.4 Å². The SMILES string of the molecule is CCCOc1c(Br)cc(/C=N\NC(=O)c2ccc(I)cc2)cc1OC. The Balaban J connectivity index is 2.08. The van der Waals surface area contributed by atoms with Gasteiger partial charge < -0.3 is 9.47 Å². The van der Waals surface area contributed by atoms with Gasteiger partial charge in [-0.2, -0.15) is 5.10 Å². The second-order valence-corrected chi connectivity index (χ2v) is 7.19. The molecule has 0 fully saturated rings. The number of carbonyl (C=O) groups excluding carboxylic acids is 1. The van der Waals surface area contributed by atoms with Gasteiger partial charge >= 0.3 is 0 Å². The van der Waals surface area contributed by atoms with E-state index in [2.05, 4.69) is 49.0 Å². The number of nitrogens with zero attached hydrogens (tertiary/aromatic N) is 1. The molecule has 0 aliphatic carbocycles. The number of carbonyl (C=O) groups is 1. The van der Waals surface area contributed by atoms with Gasteiger partial charge in [0.15, 0.2) is 11.5 Å². The van der Waals surface area contributed by atoms with Crippen LogP contribution in [0.4, 0.5) is 0 Å². The zero-order valence-corrected chi connectivity index (χ0v) is 17.6. The van der Waals surface area contributed by atoms with Gasteiger partial charge in [0.1, 0.15) is 0 Å². The summed E-state index contributed by atoms with van der Waals surface area (Å²) in [5.74, 6) is 0.999. The maximum atomic E-state index is 12.0. The maximum Gasteiger partial charge on any atom is 0.271 e. The van der Waals surface area contributed by atoms with Gasteiger partial charge in [-0.05, 0) is 86.9 Å². The van der Waals surface area contributed by atoms with E-state index in [1.54, 1.807) is 31.5 Å². The van der Waals surface area contributed by atoms with E-state index < -0.39 is 0 Å². The summed E-state index contributed by atoms with van der Waals surface area (Å²) < 4.78 is 12.9. The van der Waals surface area contributed by atoms with Crippen LogP contribution in [0.2, 0.25) is 0 Å². The fraction of sp³-hybridized carbons (Fsp3) is 0.222. The molecular weight excluding hydrogens is 499 g/mol. The minimum Gasteiger partial charge on any atom is -0.493 e. The quantitative estimate of drug-likeness (QED) is 0.332. The summed E-state index contributed by atoms with van der Waals surface area (Å²) in [7, 11) is 1.58. The van der Waals surface area contributed by atoms with Crippen LogP contribution >= 0.6 is 38.5 Å². The molecule has 0 atom stereocenters. The summed E-state index contributed by atoms with van der Waals surface area (Å²) in [5, 5.41) is 4.01. The van der Waals surface area contributed by atoms with Crippen molar-refractivity contribution in [2.45, 2.75) is 13.3 Å². The molecule has 0 bridgehead atoms. The van der Waals surface area contributed by atoms with E-state index in [0.717, 1.165) is 20.0 Å². The molecule has 0 heterocycles. The lowest BCUT2D eigenvalue weighted by molar-refractivity contribution is 0.0955. The molecule has 25 heavy (non-hydrogen) atoms. The zero-order chi connectivity index (χ0) is 18.2. The predicted molar refractivity (Wildman–Crippen MR) is 111 cm³/mol. The van der Waals surface area contributed by atoms with Crippen LogP contribution < -0.4 is 14.9 Å². The first-order chi connectivity index (χ1) is 12.0. The molecule has 7 heteroatoms. The van der Waals surface area contributed by atoms with E-state index in [9.17, 15) is 4.79 Å².